The number of nitrogens with zero attached hydrogens (tertiary/aromatic N) is 3. The maximum atomic E-state index is 11.1. The molecule has 7 nitrogen and oxygen atoms in total. The first-order valence-corrected chi connectivity index (χ1v) is 4.30. The molecule has 1 amide bonds. The van der Waals surface area contributed by atoms with E-state index in [9.17, 15) is 4.79 Å². The highest BCUT2D eigenvalue weighted by molar-refractivity contribution is 5.67. The number of alkyl carbamates (subject to hydrolysis) is 1. The summed E-state index contributed by atoms with van der Waals surface area (Å²) in [6.07, 6.45) is -0.634. The number of H-pyrrole nitrogens is 1. The Kier molecular flexibility index (Phi) is 3.38. The molecule has 7 heteroatoms. The van der Waals surface area contributed by atoms with E-state index in [1.807, 2.05) is 0 Å². The number of carbonyl (C=O) groups is 1. The van der Waals surface area contributed by atoms with Crippen molar-refractivity contribution in [1.29, 1.82) is 0 Å². The van der Waals surface area contributed by atoms with Crippen LogP contribution in [0.5, 0.6) is 0 Å². The molecule has 0 saturated heterocycles. The molecule has 1 atom stereocenters. The third kappa shape index (κ3) is 3.00. The Balaban J connectivity index is 2.41. The third-order valence-corrected chi connectivity index (χ3v) is 1.43. The van der Waals surface area contributed by atoms with Gasteiger partial charge >= 0.3 is 6.09 Å². The van der Waals surface area contributed by atoms with Gasteiger partial charge in [-0.1, -0.05) is 5.21 Å². The summed E-state index contributed by atoms with van der Waals surface area (Å²) < 4.78 is 4.88. The van der Waals surface area contributed by atoms with E-state index in [2.05, 4.69) is 25.9 Å². The molecule has 1 heterocycles. The molecule has 0 aliphatic carbocycles. The second-order valence-corrected chi connectivity index (χ2v) is 3.09. The molecule has 1 rings (SSSR count). The lowest BCUT2D eigenvalue weighted by Crippen LogP contribution is -2.29. The molecule has 0 aliphatic rings. The molecule has 0 fully saturated rings. The van der Waals surface area contributed by atoms with Crippen LogP contribution in [0.3, 0.4) is 0 Å². The van der Waals surface area contributed by atoms with Crippen molar-refractivity contribution in [3.8, 4) is 0 Å². The fourth-order valence-corrected chi connectivity index (χ4v) is 0.842. The number of aromatic amines is 1. The molecule has 0 aromatic carbocycles. The van der Waals surface area contributed by atoms with Crippen LogP contribution in [0.25, 0.3) is 0 Å². The van der Waals surface area contributed by atoms with Crippen LogP contribution in [0.15, 0.2) is 0 Å². The summed E-state index contributed by atoms with van der Waals surface area (Å²) in [6, 6.07) is -0.319. The van der Waals surface area contributed by atoms with Gasteiger partial charge in [0.15, 0.2) is 5.82 Å². The van der Waals surface area contributed by atoms with Crippen molar-refractivity contribution in [2.24, 2.45) is 0 Å². The Hall–Kier alpha value is -1.66. The molecule has 0 radical (unpaired) electrons. The maximum Gasteiger partial charge on any atom is 0.407 e. The number of hydrogen-bond donors (Lipinski definition) is 2. The van der Waals surface area contributed by atoms with Gasteiger partial charge in [-0.25, -0.2) is 4.79 Å². The summed E-state index contributed by atoms with van der Waals surface area (Å²) in [4.78, 5) is 11.1. The zero-order valence-electron chi connectivity index (χ0n) is 8.31. The van der Waals surface area contributed by atoms with E-state index in [1.165, 1.54) is 0 Å². The van der Waals surface area contributed by atoms with Crippen molar-refractivity contribution in [3.63, 3.8) is 0 Å². The lowest BCUT2D eigenvalue weighted by Gasteiger charge is -2.12. The van der Waals surface area contributed by atoms with Crippen molar-refractivity contribution in [2.45, 2.75) is 32.9 Å². The van der Waals surface area contributed by atoms with Crippen molar-refractivity contribution in [1.82, 2.24) is 25.9 Å². The molecular formula is C7H13N5O2. The molecule has 14 heavy (non-hydrogen) atoms. The first-order chi connectivity index (χ1) is 6.59. The predicted molar refractivity (Wildman–Crippen MR) is 47.3 cm³/mol. The highest BCUT2D eigenvalue weighted by Gasteiger charge is 2.14. The second-order valence-electron chi connectivity index (χ2n) is 3.09. The minimum atomic E-state index is -0.489. The Morgan fingerprint density at radius 1 is 1.50 bits per heavy atom. The SMILES string of the molecule is CC(C)OC(=O)NC(C)c1nn[nH]n1. The molecule has 1 aromatic heterocycles. The van der Waals surface area contributed by atoms with Crippen LogP contribution >= 0.6 is 0 Å². The van der Waals surface area contributed by atoms with E-state index in [0.29, 0.717) is 5.82 Å². The summed E-state index contributed by atoms with van der Waals surface area (Å²) in [5.74, 6) is 0.422. The highest BCUT2D eigenvalue weighted by atomic mass is 16.6. The summed E-state index contributed by atoms with van der Waals surface area (Å²) in [5.41, 5.74) is 0. The average Bonchev–Trinajstić information content (AvgIpc) is 2.53. The van der Waals surface area contributed by atoms with Crippen LogP contribution in [0.1, 0.15) is 32.6 Å². The molecule has 1 unspecified atom stereocenters. The van der Waals surface area contributed by atoms with Crippen LogP contribution < -0.4 is 5.32 Å². The van der Waals surface area contributed by atoms with Gasteiger partial charge in [-0.2, -0.15) is 5.21 Å². The normalized spacial score (nSPS) is 12.6. The number of ether oxygens (including phenoxy) is 1. The minimum absolute atomic E-state index is 0.146. The smallest absolute Gasteiger partial charge is 0.407 e. The zero-order valence-corrected chi connectivity index (χ0v) is 8.31. The number of rotatable bonds is 3. The fraction of sp³-hybridized carbons (Fsp3) is 0.714. The van der Waals surface area contributed by atoms with Crippen molar-refractivity contribution in [3.05, 3.63) is 5.82 Å². The van der Waals surface area contributed by atoms with Crippen LogP contribution in [-0.4, -0.2) is 32.8 Å². The lowest BCUT2D eigenvalue weighted by atomic mass is 10.3. The maximum absolute atomic E-state index is 11.1. The van der Waals surface area contributed by atoms with Gasteiger partial charge in [-0.15, -0.1) is 10.2 Å². The number of carbonyl (C=O) groups excluding carboxylic acids is 1. The first kappa shape index (κ1) is 10.4. The molecule has 0 aliphatic heterocycles. The quantitative estimate of drug-likeness (QED) is 0.734. The number of tetrazole rings is 1. The van der Waals surface area contributed by atoms with Gasteiger partial charge in [-0.05, 0) is 20.8 Å². The van der Waals surface area contributed by atoms with Gasteiger partial charge in [0.1, 0.15) is 0 Å². The summed E-state index contributed by atoms with van der Waals surface area (Å²) >= 11 is 0. The number of aromatic nitrogens is 4. The highest BCUT2D eigenvalue weighted by Crippen LogP contribution is 2.03. The molecule has 2 N–H and O–H groups in total. The fourth-order valence-electron chi connectivity index (χ4n) is 0.842. The van der Waals surface area contributed by atoms with E-state index < -0.39 is 6.09 Å². The Morgan fingerprint density at radius 2 is 2.21 bits per heavy atom. The Labute approximate surface area is 81.2 Å². The van der Waals surface area contributed by atoms with Gasteiger partial charge in [0, 0.05) is 0 Å². The second kappa shape index (κ2) is 4.54. The molecule has 78 valence electrons. The van der Waals surface area contributed by atoms with Gasteiger partial charge in [-0.3, -0.25) is 0 Å². The molecule has 0 bridgehead atoms. The summed E-state index contributed by atoms with van der Waals surface area (Å²) in [5, 5.41) is 15.7. The van der Waals surface area contributed by atoms with E-state index in [0.717, 1.165) is 0 Å². The molecule has 0 spiro atoms. The van der Waals surface area contributed by atoms with Crippen LogP contribution in [0, 0.1) is 0 Å². The van der Waals surface area contributed by atoms with E-state index in [4.69, 9.17) is 4.74 Å². The monoisotopic (exact) mass is 199 g/mol. The third-order valence-electron chi connectivity index (χ3n) is 1.43. The summed E-state index contributed by atoms with van der Waals surface area (Å²) in [7, 11) is 0. The minimum Gasteiger partial charge on any atom is -0.447 e. The van der Waals surface area contributed by atoms with Crippen molar-refractivity contribution in [2.75, 3.05) is 0 Å². The van der Waals surface area contributed by atoms with Crippen molar-refractivity contribution >= 4 is 6.09 Å². The largest absolute Gasteiger partial charge is 0.447 e. The number of amides is 1. The van der Waals surface area contributed by atoms with E-state index in [1.54, 1.807) is 20.8 Å². The summed E-state index contributed by atoms with van der Waals surface area (Å²) in [6.45, 7) is 5.30. The van der Waals surface area contributed by atoms with Gasteiger partial charge in [0.2, 0.25) is 0 Å². The molecule has 0 saturated carbocycles. The zero-order chi connectivity index (χ0) is 10.6. The Morgan fingerprint density at radius 3 is 2.71 bits per heavy atom. The average molecular weight is 199 g/mol. The number of hydrogen-bond acceptors (Lipinski definition) is 5. The van der Waals surface area contributed by atoms with Gasteiger partial charge < -0.3 is 10.1 Å². The van der Waals surface area contributed by atoms with Gasteiger partial charge in [0.05, 0.1) is 12.1 Å². The lowest BCUT2D eigenvalue weighted by molar-refractivity contribution is 0.112. The molecular weight excluding hydrogens is 186 g/mol. The van der Waals surface area contributed by atoms with Crippen LogP contribution in [0.2, 0.25) is 0 Å². The van der Waals surface area contributed by atoms with Gasteiger partial charge in [0.25, 0.3) is 0 Å². The van der Waals surface area contributed by atoms with Crippen LogP contribution in [-0.2, 0) is 4.74 Å². The van der Waals surface area contributed by atoms with E-state index >= 15 is 0 Å². The standard InChI is InChI=1S/C7H13N5O2/c1-4(2)14-7(13)8-5(3)6-9-11-12-10-6/h4-5H,1-3H3,(H,8,13)(H,9,10,11,12). The van der Waals surface area contributed by atoms with Crippen molar-refractivity contribution < 1.29 is 9.53 Å². The number of nitrogens with one attached hydrogen (secondary N) is 2. The molecule has 1 aromatic rings. The Bertz CT molecular complexity index is 284. The van der Waals surface area contributed by atoms with Crippen LogP contribution in [0.4, 0.5) is 4.79 Å². The topological polar surface area (TPSA) is 92.8 Å². The van der Waals surface area contributed by atoms with E-state index in [-0.39, 0.29) is 12.1 Å². The predicted octanol–water partition coefficient (Wildman–Crippen LogP) is 0.395. The first-order valence-electron chi connectivity index (χ1n) is 4.30.